The molecule has 1 aliphatic rings. The van der Waals surface area contributed by atoms with Crippen molar-refractivity contribution in [2.75, 3.05) is 4.92 Å². The van der Waals surface area contributed by atoms with Crippen molar-refractivity contribution in [2.45, 2.75) is 6.82 Å². The summed E-state index contributed by atoms with van der Waals surface area (Å²) in [5.41, 5.74) is 2.51. The lowest BCUT2D eigenvalue weighted by molar-refractivity contribution is -0.751. The first-order chi connectivity index (χ1) is 8.27. The second kappa shape index (κ2) is 3.80. The zero-order valence-electron chi connectivity index (χ0n) is 10.1. The van der Waals surface area contributed by atoms with E-state index in [-0.39, 0.29) is 0 Å². The lowest BCUT2D eigenvalue weighted by Crippen LogP contribution is -2.54. The van der Waals surface area contributed by atoms with Gasteiger partial charge in [-0.1, -0.05) is 35.0 Å². The lowest BCUT2D eigenvalue weighted by atomic mass is 9.62. The maximum Gasteiger partial charge on any atom is 0.425 e. The van der Waals surface area contributed by atoms with Gasteiger partial charge in [0.1, 0.15) is 18.9 Å². The number of hydrogen-bond acceptors (Lipinski definition) is 1. The summed E-state index contributed by atoms with van der Waals surface area (Å²) >= 11 is 0. The van der Waals surface area contributed by atoms with Crippen molar-refractivity contribution < 1.29 is 4.68 Å². The van der Waals surface area contributed by atoms with Crippen LogP contribution in [0.5, 0.6) is 0 Å². The summed E-state index contributed by atoms with van der Waals surface area (Å²) in [5.74, 6) is 2.22. The number of rotatable bonds is 1. The highest BCUT2D eigenvalue weighted by Gasteiger charge is 2.31. The van der Waals surface area contributed by atoms with Crippen molar-refractivity contribution in [1.82, 2.24) is 4.79 Å². The van der Waals surface area contributed by atoms with Crippen LogP contribution in [0.4, 0.5) is 5.69 Å². The van der Waals surface area contributed by atoms with Crippen LogP contribution in [0.2, 0.25) is 6.82 Å². The fourth-order valence-corrected chi connectivity index (χ4v) is 2.32. The van der Waals surface area contributed by atoms with Crippen molar-refractivity contribution in [2.24, 2.45) is 7.05 Å². The second-order valence-corrected chi connectivity index (χ2v) is 4.39. The topological polar surface area (TPSA) is 12.1 Å². The first kappa shape index (κ1) is 10.2. The van der Waals surface area contributed by atoms with Crippen LogP contribution >= 0.6 is 0 Å². The Morgan fingerprint density at radius 2 is 2.00 bits per heavy atom. The fraction of sp³-hybridized carbons (Fsp3) is 0.154. The molecule has 0 radical (unpaired) electrons. The van der Waals surface area contributed by atoms with E-state index in [0.717, 1.165) is 0 Å². The van der Waals surface area contributed by atoms with E-state index < -0.39 is 0 Å². The van der Waals surface area contributed by atoms with Gasteiger partial charge in [-0.3, -0.25) is 0 Å². The average Bonchev–Trinajstić information content (AvgIpc) is 2.75. The Morgan fingerprint density at radius 3 is 2.76 bits per heavy atom. The van der Waals surface area contributed by atoms with Gasteiger partial charge in [0.25, 0.3) is 0 Å². The largest absolute Gasteiger partial charge is 0.425 e. The van der Waals surface area contributed by atoms with Crippen molar-refractivity contribution in [3.63, 3.8) is 0 Å². The Kier molecular flexibility index (Phi) is 2.28. The number of aryl methyl sites for hydroxylation is 1. The monoisotopic (exact) mass is 224 g/mol. The summed E-state index contributed by atoms with van der Waals surface area (Å²) < 4.78 is 2.08. The molecule has 0 unspecified atom stereocenters. The molecule has 0 spiro atoms. The minimum Gasteiger partial charge on any atom is -0.214 e. The van der Waals surface area contributed by atoms with Gasteiger partial charge >= 0.3 is 6.85 Å². The normalized spacial score (nSPS) is 14.0. The van der Waals surface area contributed by atoms with E-state index >= 15 is 0 Å². The van der Waals surface area contributed by atoms with Crippen molar-refractivity contribution in [3.05, 3.63) is 54.3 Å². The number of benzene rings is 1. The molecule has 0 aliphatic carbocycles. The van der Waals surface area contributed by atoms with Crippen LogP contribution in [0.25, 0.3) is 6.08 Å². The van der Waals surface area contributed by atoms with Crippen LogP contribution in [0.1, 0.15) is 5.56 Å². The zero-order valence-corrected chi connectivity index (χ0v) is 10.1. The van der Waals surface area contributed by atoms with Gasteiger partial charge in [0.05, 0.1) is 6.20 Å². The summed E-state index contributed by atoms with van der Waals surface area (Å²) in [6.07, 6.45) is 6.32. The number of hydrogen-bond donors (Lipinski definition) is 0. The standard InChI is InChI=1S/C13H15BN3/c1-14-9-8-12-6-3-4-7-13(12)17(14)16-11-5-10-15(16)2/h3-11H,1-2H3/q+1. The predicted molar refractivity (Wildman–Crippen MR) is 70.6 cm³/mol. The van der Waals surface area contributed by atoms with E-state index in [0.29, 0.717) is 6.85 Å². The van der Waals surface area contributed by atoms with Gasteiger partial charge in [-0.15, -0.1) is 0 Å². The lowest BCUT2D eigenvalue weighted by Gasteiger charge is -2.25. The maximum atomic E-state index is 2.29. The molecule has 3 rings (SSSR count). The van der Waals surface area contributed by atoms with Gasteiger partial charge < -0.3 is 0 Å². The van der Waals surface area contributed by atoms with Gasteiger partial charge in [-0.25, -0.2) is 4.92 Å². The quantitative estimate of drug-likeness (QED) is 0.531. The molecule has 0 bridgehead atoms. The van der Waals surface area contributed by atoms with E-state index in [9.17, 15) is 0 Å². The van der Waals surface area contributed by atoms with Crippen molar-refractivity contribution >= 4 is 18.6 Å². The maximum absolute atomic E-state index is 2.29. The van der Waals surface area contributed by atoms with E-state index in [1.807, 2.05) is 19.3 Å². The number of anilines is 1. The van der Waals surface area contributed by atoms with E-state index in [1.54, 1.807) is 0 Å². The molecule has 0 saturated carbocycles. The van der Waals surface area contributed by atoms with Crippen molar-refractivity contribution in [3.8, 4) is 0 Å². The van der Waals surface area contributed by atoms with Gasteiger partial charge in [0.15, 0.2) is 0 Å². The highest BCUT2D eigenvalue weighted by atomic mass is 15.7. The molecule has 1 aromatic heterocycles. The molecule has 84 valence electrons. The molecule has 0 fully saturated rings. The number of aromatic nitrogens is 2. The Bertz CT molecular complexity index is 574. The molecular formula is C13H15BN3+. The highest BCUT2D eigenvalue weighted by molar-refractivity contribution is 6.68. The summed E-state index contributed by atoms with van der Waals surface area (Å²) in [4.78, 5) is 4.42. The molecule has 1 aliphatic heterocycles. The molecule has 0 N–H and O–H groups in total. The minimum absolute atomic E-state index is 0.350. The highest BCUT2D eigenvalue weighted by Crippen LogP contribution is 2.27. The third-order valence-corrected chi connectivity index (χ3v) is 3.19. The van der Waals surface area contributed by atoms with E-state index in [4.69, 9.17) is 0 Å². The summed E-state index contributed by atoms with van der Waals surface area (Å²) in [7, 11) is 2.05. The second-order valence-electron chi connectivity index (χ2n) is 4.39. The first-order valence-corrected chi connectivity index (χ1v) is 5.87. The Labute approximate surface area is 102 Å². The molecule has 2 aromatic rings. The van der Waals surface area contributed by atoms with Crippen LogP contribution in [-0.2, 0) is 7.05 Å². The Balaban J connectivity index is 2.16. The summed E-state index contributed by atoms with van der Waals surface area (Å²) in [5, 5.41) is 0. The van der Waals surface area contributed by atoms with Crippen LogP contribution in [-0.4, -0.2) is 11.6 Å². The fourth-order valence-electron chi connectivity index (χ4n) is 2.32. The zero-order chi connectivity index (χ0) is 11.8. The van der Waals surface area contributed by atoms with Crippen molar-refractivity contribution in [1.29, 1.82) is 0 Å². The Hall–Kier alpha value is -1.97. The predicted octanol–water partition coefficient (Wildman–Crippen LogP) is 1.77. The smallest absolute Gasteiger partial charge is 0.214 e. The molecule has 3 nitrogen and oxygen atoms in total. The molecule has 4 heteroatoms. The SMILES string of the molecule is CB1C=Cc2ccccc2N1n1ccc[n+]1C. The molecule has 0 amide bonds. The molecule has 2 heterocycles. The van der Waals surface area contributed by atoms with E-state index in [1.165, 1.54) is 11.3 Å². The van der Waals surface area contributed by atoms with E-state index in [2.05, 4.69) is 63.7 Å². The third-order valence-electron chi connectivity index (χ3n) is 3.19. The third kappa shape index (κ3) is 1.57. The first-order valence-electron chi connectivity index (χ1n) is 5.87. The van der Waals surface area contributed by atoms with Gasteiger partial charge in [0.2, 0.25) is 0 Å². The molecule has 0 saturated heterocycles. The average molecular weight is 224 g/mol. The van der Waals surface area contributed by atoms with Crippen LogP contribution in [0.3, 0.4) is 0 Å². The Morgan fingerprint density at radius 1 is 1.18 bits per heavy atom. The molecule has 17 heavy (non-hydrogen) atoms. The molecule has 0 atom stereocenters. The number of fused-ring (bicyclic) bond motifs is 1. The summed E-state index contributed by atoms with van der Waals surface area (Å²) in [6, 6.07) is 10.5. The minimum atomic E-state index is 0.350. The summed E-state index contributed by atoms with van der Waals surface area (Å²) in [6.45, 7) is 2.55. The molecular weight excluding hydrogens is 209 g/mol. The van der Waals surface area contributed by atoms with Gasteiger partial charge in [-0.2, -0.15) is 4.68 Å². The number of nitrogens with zero attached hydrogens (tertiary/aromatic N) is 3. The van der Waals surface area contributed by atoms with Gasteiger partial charge in [0, 0.05) is 11.6 Å². The van der Waals surface area contributed by atoms with Crippen LogP contribution < -0.4 is 9.60 Å². The van der Waals surface area contributed by atoms with Crippen LogP contribution in [0, 0.1) is 0 Å². The van der Waals surface area contributed by atoms with Crippen LogP contribution in [0.15, 0.2) is 48.7 Å². The number of para-hydroxylation sites is 1. The van der Waals surface area contributed by atoms with Gasteiger partial charge in [-0.05, 0) is 12.9 Å². The molecule has 1 aromatic carbocycles.